The van der Waals surface area contributed by atoms with Crippen molar-refractivity contribution in [3.63, 3.8) is 0 Å². The van der Waals surface area contributed by atoms with Crippen molar-refractivity contribution >= 4 is 39.1 Å². The molecule has 0 aromatic heterocycles. The van der Waals surface area contributed by atoms with Crippen molar-refractivity contribution in [1.82, 2.24) is 5.43 Å². The highest BCUT2D eigenvalue weighted by Gasteiger charge is 2.07. The van der Waals surface area contributed by atoms with Gasteiger partial charge in [0.25, 0.3) is 5.91 Å². The Hall–Kier alpha value is -1.65. The molecule has 0 saturated heterocycles. The Kier molecular flexibility index (Phi) is 6.16. The summed E-state index contributed by atoms with van der Waals surface area (Å²) in [6, 6.07) is 14.7. The number of hydrogen-bond acceptors (Lipinski definition) is 2. The highest BCUT2D eigenvalue weighted by Crippen LogP contribution is 2.14. The number of rotatable bonds is 5. The molecule has 0 spiro atoms. The molecule has 0 radical (unpaired) electrons. The van der Waals surface area contributed by atoms with Crippen molar-refractivity contribution in [2.45, 2.75) is 19.8 Å². The van der Waals surface area contributed by atoms with Gasteiger partial charge in [-0.3, -0.25) is 4.79 Å². The van der Waals surface area contributed by atoms with Crippen LogP contribution in [0.4, 0.5) is 0 Å². The van der Waals surface area contributed by atoms with Gasteiger partial charge in [0.15, 0.2) is 0 Å². The lowest BCUT2D eigenvalue weighted by Gasteiger charge is -2.07. The van der Waals surface area contributed by atoms with Crippen LogP contribution >= 0.6 is 27.5 Å². The van der Waals surface area contributed by atoms with Gasteiger partial charge in [-0.15, -0.1) is 0 Å². The van der Waals surface area contributed by atoms with Crippen LogP contribution in [0.2, 0.25) is 5.02 Å². The van der Waals surface area contributed by atoms with E-state index in [9.17, 15) is 4.79 Å². The molecule has 5 heteroatoms. The summed E-state index contributed by atoms with van der Waals surface area (Å²) in [5.41, 5.74) is 4.94. The number of benzene rings is 2. The monoisotopic (exact) mass is 378 g/mol. The fraction of sp³-hybridized carbons (Fsp3) is 0.176. The molecule has 0 bridgehead atoms. The number of hydrogen-bond donors (Lipinski definition) is 1. The highest BCUT2D eigenvalue weighted by molar-refractivity contribution is 9.10. The standard InChI is InChI=1S/C17H16BrClN2O/c1-2-4-16(12-7-9-14(18)10-8-12)20-21-17(22)13-5-3-6-15(19)11-13/h3,5-11H,2,4H2,1H3,(H,21,22)/b20-16+. The third-order valence-corrected chi connectivity index (χ3v) is 3.81. The van der Waals surface area contributed by atoms with Crippen LogP contribution in [0.3, 0.4) is 0 Å². The van der Waals surface area contributed by atoms with Gasteiger partial charge in [-0.1, -0.05) is 59.1 Å². The van der Waals surface area contributed by atoms with Gasteiger partial charge in [-0.25, -0.2) is 5.43 Å². The molecule has 0 saturated carbocycles. The molecule has 2 aromatic carbocycles. The summed E-state index contributed by atoms with van der Waals surface area (Å²) in [4.78, 5) is 12.1. The minimum absolute atomic E-state index is 0.270. The van der Waals surface area contributed by atoms with Crippen LogP contribution in [0.25, 0.3) is 0 Å². The van der Waals surface area contributed by atoms with Gasteiger partial charge in [-0.2, -0.15) is 5.10 Å². The molecule has 0 fully saturated rings. The van der Waals surface area contributed by atoms with Gasteiger partial charge < -0.3 is 0 Å². The second kappa shape index (κ2) is 8.11. The molecule has 3 nitrogen and oxygen atoms in total. The molecule has 2 rings (SSSR count). The van der Waals surface area contributed by atoms with E-state index in [1.807, 2.05) is 24.3 Å². The van der Waals surface area contributed by atoms with E-state index in [1.54, 1.807) is 24.3 Å². The van der Waals surface area contributed by atoms with Crippen molar-refractivity contribution in [3.05, 3.63) is 69.2 Å². The third kappa shape index (κ3) is 4.68. The van der Waals surface area contributed by atoms with E-state index in [-0.39, 0.29) is 5.91 Å². The van der Waals surface area contributed by atoms with Crippen LogP contribution < -0.4 is 5.43 Å². The number of halogens is 2. The first-order valence-corrected chi connectivity index (χ1v) is 8.15. The molecule has 0 unspecified atom stereocenters. The van der Waals surface area contributed by atoms with E-state index >= 15 is 0 Å². The Morgan fingerprint density at radius 2 is 1.91 bits per heavy atom. The maximum Gasteiger partial charge on any atom is 0.271 e. The Labute approximate surface area is 143 Å². The Morgan fingerprint density at radius 1 is 1.18 bits per heavy atom. The SMILES string of the molecule is CCC/C(=N\NC(=O)c1cccc(Cl)c1)c1ccc(Br)cc1. The zero-order valence-corrected chi connectivity index (χ0v) is 14.5. The smallest absolute Gasteiger partial charge is 0.267 e. The zero-order chi connectivity index (χ0) is 15.9. The minimum atomic E-state index is -0.270. The summed E-state index contributed by atoms with van der Waals surface area (Å²) < 4.78 is 1.01. The van der Waals surface area contributed by atoms with Crippen molar-refractivity contribution < 1.29 is 4.79 Å². The lowest BCUT2D eigenvalue weighted by Crippen LogP contribution is -2.20. The number of amides is 1. The molecule has 1 N–H and O–H groups in total. The van der Waals surface area contributed by atoms with Gasteiger partial charge >= 0.3 is 0 Å². The summed E-state index contributed by atoms with van der Waals surface area (Å²) in [6.07, 6.45) is 1.74. The van der Waals surface area contributed by atoms with Crippen LogP contribution in [0.15, 0.2) is 58.1 Å². The predicted octanol–water partition coefficient (Wildman–Crippen LogP) is 5.04. The lowest BCUT2D eigenvalue weighted by molar-refractivity contribution is 0.0955. The van der Waals surface area contributed by atoms with Crippen molar-refractivity contribution in [3.8, 4) is 0 Å². The highest BCUT2D eigenvalue weighted by atomic mass is 79.9. The molecular weight excluding hydrogens is 364 g/mol. The molecule has 1 amide bonds. The molecule has 0 aliphatic carbocycles. The molecule has 0 aliphatic heterocycles. The average Bonchev–Trinajstić information content (AvgIpc) is 2.52. The topological polar surface area (TPSA) is 41.5 Å². The minimum Gasteiger partial charge on any atom is -0.267 e. The largest absolute Gasteiger partial charge is 0.271 e. The maximum absolute atomic E-state index is 12.1. The van der Waals surface area contributed by atoms with E-state index in [1.165, 1.54) is 0 Å². The number of carbonyl (C=O) groups excluding carboxylic acids is 1. The number of hydrazone groups is 1. The molecule has 0 aliphatic rings. The number of nitrogens with zero attached hydrogens (tertiary/aromatic N) is 1. The second-order valence-corrected chi connectivity index (χ2v) is 6.12. The van der Waals surface area contributed by atoms with Crippen molar-refractivity contribution in [2.24, 2.45) is 5.10 Å². The molecule has 0 atom stereocenters. The van der Waals surface area contributed by atoms with Gasteiger partial charge in [0, 0.05) is 15.1 Å². The van der Waals surface area contributed by atoms with Gasteiger partial charge in [0.05, 0.1) is 5.71 Å². The molecule has 114 valence electrons. The van der Waals surface area contributed by atoms with E-state index in [0.717, 1.165) is 28.6 Å². The van der Waals surface area contributed by atoms with Gasteiger partial charge in [0.1, 0.15) is 0 Å². The first kappa shape index (κ1) is 16.7. The van der Waals surface area contributed by atoms with E-state index in [2.05, 4.69) is 33.4 Å². The Bertz CT molecular complexity index is 683. The summed E-state index contributed by atoms with van der Waals surface area (Å²) in [7, 11) is 0. The van der Waals surface area contributed by atoms with Gasteiger partial charge in [0.2, 0.25) is 0 Å². The molecule has 0 heterocycles. The van der Waals surface area contributed by atoms with Gasteiger partial charge in [-0.05, 0) is 42.3 Å². The normalized spacial score (nSPS) is 11.3. The second-order valence-electron chi connectivity index (χ2n) is 4.77. The first-order valence-electron chi connectivity index (χ1n) is 6.98. The van der Waals surface area contributed by atoms with E-state index in [0.29, 0.717) is 10.6 Å². The summed E-state index contributed by atoms with van der Waals surface area (Å²) in [5, 5.41) is 4.80. The Balaban J connectivity index is 2.16. The zero-order valence-electron chi connectivity index (χ0n) is 12.1. The fourth-order valence-corrected chi connectivity index (χ4v) is 2.41. The number of nitrogens with one attached hydrogen (secondary N) is 1. The van der Waals surface area contributed by atoms with Crippen LogP contribution in [0.5, 0.6) is 0 Å². The van der Waals surface area contributed by atoms with E-state index in [4.69, 9.17) is 11.6 Å². The molecule has 2 aromatic rings. The van der Waals surface area contributed by atoms with Crippen LogP contribution in [-0.4, -0.2) is 11.6 Å². The predicted molar refractivity (Wildman–Crippen MR) is 94.5 cm³/mol. The summed E-state index contributed by atoms with van der Waals surface area (Å²) in [6.45, 7) is 2.08. The van der Waals surface area contributed by atoms with Crippen molar-refractivity contribution in [2.75, 3.05) is 0 Å². The van der Waals surface area contributed by atoms with Crippen LogP contribution in [0, 0.1) is 0 Å². The van der Waals surface area contributed by atoms with Crippen LogP contribution in [0.1, 0.15) is 35.7 Å². The maximum atomic E-state index is 12.1. The van der Waals surface area contributed by atoms with E-state index < -0.39 is 0 Å². The quantitative estimate of drug-likeness (QED) is 0.574. The third-order valence-electron chi connectivity index (χ3n) is 3.04. The first-order chi connectivity index (χ1) is 10.6. The fourth-order valence-electron chi connectivity index (χ4n) is 1.96. The summed E-state index contributed by atoms with van der Waals surface area (Å²) in [5.74, 6) is -0.270. The Morgan fingerprint density at radius 3 is 2.55 bits per heavy atom. The van der Waals surface area contributed by atoms with Crippen LogP contribution in [-0.2, 0) is 0 Å². The number of carbonyl (C=O) groups is 1. The molecular formula is C17H16BrClN2O. The van der Waals surface area contributed by atoms with Crippen molar-refractivity contribution in [1.29, 1.82) is 0 Å². The molecule has 22 heavy (non-hydrogen) atoms. The lowest BCUT2D eigenvalue weighted by atomic mass is 10.1. The average molecular weight is 380 g/mol. The summed E-state index contributed by atoms with van der Waals surface area (Å²) >= 11 is 9.30.